The van der Waals surface area contributed by atoms with Gasteiger partial charge in [0, 0.05) is 0 Å². The van der Waals surface area contributed by atoms with E-state index in [4.69, 9.17) is 0 Å². The first-order chi connectivity index (χ1) is 10.4. The largest absolute Gasteiger partial charge is 0.308 e. The molecule has 1 aromatic rings. The van der Waals surface area contributed by atoms with Crippen LogP contribution in [-0.4, -0.2) is 18.9 Å². The Balaban J connectivity index is 1.50. The number of hydrogen-bond donors (Lipinski definition) is 1. The monoisotopic (exact) mass is 287 g/mol. The van der Waals surface area contributed by atoms with Crippen molar-refractivity contribution in [2.24, 2.45) is 5.92 Å². The number of hydrogen-bond acceptors (Lipinski definition) is 2. The van der Waals surface area contributed by atoms with Crippen LogP contribution in [0.3, 0.4) is 0 Å². The predicted octanol–water partition coefficient (Wildman–Crippen LogP) is 4.14. The van der Waals surface area contributed by atoms with Gasteiger partial charge in [0.05, 0.1) is 6.04 Å². The second kappa shape index (κ2) is 9.73. The van der Waals surface area contributed by atoms with E-state index >= 15 is 0 Å². The fraction of sp³-hybridized carbons (Fsp3) is 0.632. The highest BCUT2D eigenvalue weighted by Crippen LogP contribution is 2.22. The second-order valence-electron chi connectivity index (χ2n) is 6.37. The summed E-state index contributed by atoms with van der Waals surface area (Å²) < 4.78 is 0. The van der Waals surface area contributed by atoms with Crippen LogP contribution in [0.5, 0.6) is 0 Å². The van der Waals surface area contributed by atoms with Crippen molar-refractivity contribution >= 4 is 6.29 Å². The van der Waals surface area contributed by atoms with E-state index in [2.05, 4.69) is 35.6 Å². The highest BCUT2D eigenvalue weighted by Gasteiger charge is 2.17. The minimum atomic E-state index is 0.112. The number of carbonyl (C=O) groups excluding carboxylic acids is 1. The van der Waals surface area contributed by atoms with Gasteiger partial charge in [0.1, 0.15) is 6.29 Å². The van der Waals surface area contributed by atoms with Gasteiger partial charge in [-0.15, -0.1) is 0 Å². The van der Waals surface area contributed by atoms with Gasteiger partial charge < -0.3 is 10.1 Å². The number of aldehydes is 1. The van der Waals surface area contributed by atoms with Gasteiger partial charge >= 0.3 is 0 Å². The molecule has 2 rings (SSSR count). The highest BCUT2D eigenvalue weighted by atomic mass is 16.1. The van der Waals surface area contributed by atoms with Crippen LogP contribution < -0.4 is 5.32 Å². The Labute approximate surface area is 129 Å². The van der Waals surface area contributed by atoms with Crippen LogP contribution in [-0.2, 0) is 11.2 Å². The van der Waals surface area contributed by atoms with Crippen molar-refractivity contribution in [2.45, 2.75) is 63.8 Å². The van der Waals surface area contributed by atoms with E-state index < -0.39 is 0 Å². The van der Waals surface area contributed by atoms with Gasteiger partial charge in [-0.1, -0.05) is 56.0 Å². The molecule has 1 aliphatic heterocycles. The molecule has 0 radical (unpaired) electrons. The number of carbonyl (C=O) groups is 1. The molecule has 21 heavy (non-hydrogen) atoms. The number of benzene rings is 1. The molecule has 116 valence electrons. The van der Waals surface area contributed by atoms with Crippen LogP contribution in [0, 0.1) is 5.92 Å². The van der Waals surface area contributed by atoms with E-state index in [1.165, 1.54) is 56.9 Å². The molecule has 2 unspecified atom stereocenters. The third-order valence-electron chi connectivity index (χ3n) is 4.68. The third-order valence-corrected chi connectivity index (χ3v) is 4.68. The molecule has 0 bridgehead atoms. The molecule has 0 amide bonds. The van der Waals surface area contributed by atoms with Crippen molar-refractivity contribution < 1.29 is 4.79 Å². The van der Waals surface area contributed by atoms with Crippen LogP contribution in [0.25, 0.3) is 0 Å². The highest BCUT2D eigenvalue weighted by molar-refractivity contribution is 5.57. The topological polar surface area (TPSA) is 29.1 Å². The first-order valence-corrected chi connectivity index (χ1v) is 8.61. The number of nitrogens with one attached hydrogen (secondary N) is 1. The zero-order chi connectivity index (χ0) is 14.8. The molecule has 1 fully saturated rings. The molecule has 1 heterocycles. The Hall–Kier alpha value is -1.15. The maximum atomic E-state index is 10.8. The minimum absolute atomic E-state index is 0.112. The van der Waals surface area contributed by atoms with Crippen LogP contribution >= 0.6 is 0 Å². The normalized spacial score (nSPS) is 22.7. The lowest BCUT2D eigenvalue weighted by Gasteiger charge is -2.13. The molecule has 0 aliphatic carbocycles. The van der Waals surface area contributed by atoms with Crippen molar-refractivity contribution in [1.29, 1.82) is 0 Å². The Morgan fingerprint density at radius 2 is 1.81 bits per heavy atom. The van der Waals surface area contributed by atoms with Gasteiger partial charge in [-0.3, -0.25) is 0 Å². The summed E-state index contributed by atoms with van der Waals surface area (Å²) >= 11 is 0. The lowest BCUT2D eigenvalue weighted by atomic mass is 9.93. The summed E-state index contributed by atoms with van der Waals surface area (Å²) in [4.78, 5) is 10.8. The smallest absolute Gasteiger partial charge is 0.136 e. The molecule has 0 spiro atoms. The third kappa shape index (κ3) is 6.43. The molecule has 2 atom stereocenters. The van der Waals surface area contributed by atoms with Gasteiger partial charge in [-0.25, -0.2) is 0 Å². The average Bonchev–Trinajstić information content (AvgIpc) is 2.77. The summed E-state index contributed by atoms with van der Waals surface area (Å²) in [5.41, 5.74) is 1.47. The van der Waals surface area contributed by atoms with Crippen molar-refractivity contribution in [3.05, 3.63) is 35.9 Å². The fourth-order valence-electron chi connectivity index (χ4n) is 3.30. The first-order valence-electron chi connectivity index (χ1n) is 8.61. The van der Waals surface area contributed by atoms with E-state index in [9.17, 15) is 4.79 Å². The minimum Gasteiger partial charge on any atom is -0.308 e. The van der Waals surface area contributed by atoms with Gasteiger partial charge in [-0.05, 0) is 50.1 Å². The summed E-state index contributed by atoms with van der Waals surface area (Å²) in [6, 6.07) is 10.9. The first kappa shape index (κ1) is 16.2. The molecular weight excluding hydrogens is 258 g/mol. The second-order valence-corrected chi connectivity index (χ2v) is 6.37. The van der Waals surface area contributed by atoms with Crippen LogP contribution in [0.4, 0.5) is 0 Å². The standard InChI is InChI=1S/C19H29NO/c21-16-19-13-12-18(14-15-20-19)11-5-2-1-4-8-17-9-6-3-7-10-17/h3,6-7,9-10,16,18-20H,1-2,4-5,8,11-15H2. The van der Waals surface area contributed by atoms with Gasteiger partial charge in [0.2, 0.25) is 0 Å². The molecule has 1 saturated heterocycles. The summed E-state index contributed by atoms with van der Waals surface area (Å²) in [5, 5.41) is 3.32. The van der Waals surface area contributed by atoms with E-state index in [0.29, 0.717) is 0 Å². The fourth-order valence-corrected chi connectivity index (χ4v) is 3.30. The molecule has 1 aromatic carbocycles. The lowest BCUT2D eigenvalue weighted by Crippen LogP contribution is -2.29. The quantitative estimate of drug-likeness (QED) is 0.575. The van der Waals surface area contributed by atoms with Crippen molar-refractivity contribution in [1.82, 2.24) is 5.32 Å². The van der Waals surface area contributed by atoms with E-state index in [-0.39, 0.29) is 6.04 Å². The van der Waals surface area contributed by atoms with E-state index in [1.807, 2.05) is 0 Å². The molecule has 1 aliphatic rings. The van der Waals surface area contributed by atoms with Crippen LogP contribution in [0.2, 0.25) is 0 Å². The summed E-state index contributed by atoms with van der Waals surface area (Å²) in [6.45, 7) is 1.02. The van der Waals surface area contributed by atoms with Crippen molar-refractivity contribution in [3.63, 3.8) is 0 Å². The number of aryl methyl sites for hydroxylation is 1. The molecule has 1 N–H and O–H groups in total. The maximum Gasteiger partial charge on any atom is 0.136 e. The lowest BCUT2D eigenvalue weighted by molar-refractivity contribution is -0.109. The number of rotatable bonds is 8. The van der Waals surface area contributed by atoms with Gasteiger partial charge in [0.25, 0.3) is 0 Å². The SMILES string of the molecule is O=CC1CCC(CCCCCCc2ccccc2)CCN1. The van der Waals surface area contributed by atoms with Crippen molar-refractivity contribution in [3.8, 4) is 0 Å². The van der Waals surface area contributed by atoms with E-state index in [0.717, 1.165) is 25.2 Å². The van der Waals surface area contributed by atoms with Crippen molar-refractivity contribution in [2.75, 3.05) is 6.54 Å². The van der Waals surface area contributed by atoms with E-state index in [1.54, 1.807) is 0 Å². The Morgan fingerprint density at radius 3 is 2.62 bits per heavy atom. The predicted molar refractivity (Wildman–Crippen MR) is 88.4 cm³/mol. The van der Waals surface area contributed by atoms with Gasteiger partial charge in [-0.2, -0.15) is 0 Å². The molecule has 0 saturated carbocycles. The molecule has 2 heteroatoms. The summed E-state index contributed by atoms with van der Waals surface area (Å²) in [6.07, 6.45) is 12.5. The Bertz CT molecular complexity index is 390. The summed E-state index contributed by atoms with van der Waals surface area (Å²) in [7, 11) is 0. The van der Waals surface area contributed by atoms with Gasteiger partial charge in [0.15, 0.2) is 0 Å². The Morgan fingerprint density at radius 1 is 1.00 bits per heavy atom. The maximum absolute atomic E-state index is 10.8. The van der Waals surface area contributed by atoms with Crippen LogP contribution in [0.15, 0.2) is 30.3 Å². The van der Waals surface area contributed by atoms with Crippen LogP contribution in [0.1, 0.15) is 56.9 Å². The zero-order valence-corrected chi connectivity index (χ0v) is 13.1. The zero-order valence-electron chi connectivity index (χ0n) is 13.1. The molecule has 2 nitrogen and oxygen atoms in total. The summed E-state index contributed by atoms with van der Waals surface area (Å²) in [5.74, 6) is 0.830. The average molecular weight is 287 g/mol. The molecule has 0 aromatic heterocycles. The Kier molecular flexibility index (Phi) is 7.51. The molecular formula is C19H29NO. The number of unbranched alkanes of at least 4 members (excludes halogenated alkanes) is 3.